The molecule has 3 aromatic rings. The van der Waals surface area contributed by atoms with Crippen LogP contribution in [0.25, 0.3) is 10.8 Å². The van der Waals surface area contributed by atoms with Gasteiger partial charge in [-0.05, 0) is 34.9 Å². The van der Waals surface area contributed by atoms with Gasteiger partial charge < -0.3 is 14.8 Å². The second-order valence-corrected chi connectivity index (χ2v) is 9.00. The van der Waals surface area contributed by atoms with Crippen LogP contribution in [0.5, 0.6) is 11.5 Å². The fourth-order valence-electron chi connectivity index (χ4n) is 3.61. The summed E-state index contributed by atoms with van der Waals surface area (Å²) in [5.41, 5.74) is 1.40. The predicted octanol–water partition coefficient (Wildman–Crippen LogP) is 3.74. The maximum absolute atomic E-state index is 12.9. The third kappa shape index (κ3) is 5.99. The van der Waals surface area contributed by atoms with E-state index in [0.29, 0.717) is 30.0 Å². The Kier molecular flexibility index (Phi) is 7.71. The summed E-state index contributed by atoms with van der Waals surface area (Å²) in [6, 6.07) is 18.9. The quantitative estimate of drug-likeness (QED) is 0.467. The number of carbonyl (C=O) groups is 1. The van der Waals surface area contributed by atoms with E-state index < -0.39 is 10.1 Å². The highest BCUT2D eigenvalue weighted by Gasteiger charge is 2.19. The van der Waals surface area contributed by atoms with Gasteiger partial charge in [-0.25, -0.2) is 0 Å². The molecule has 0 spiro atoms. The molecule has 8 heteroatoms. The molecule has 3 rings (SSSR count). The summed E-state index contributed by atoms with van der Waals surface area (Å²) in [7, 11) is -0.514. The zero-order valence-electron chi connectivity index (χ0n) is 18.3. The van der Waals surface area contributed by atoms with E-state index in [9.17, 15) is 13.2 Å². The Balaban J connectivity index is 1.83. The number of hydrogen-bond acceptors (Lipinski definition) is 6. The lowest BCUT2D eigenvalue weighted by Crippen LogP contribution is -2.29. The van der Waals surface area contributed by atoms with E-state index in [1.807, 2.05) is 42.5 Å². The first kappa shape index (κ1) is 23.6. The molecular formula is C24H27NO6S. The molecular weight excluding hydrogens is 430 g/mol. The fourth-order valence-corrected chi connectivity index (χ4v) is 4.01. The summed E-state index contributed by atoms with van der Waals surface area (Å²) >= 11 is 0. The smallest absolute Gasteiger partial charge is 0.264 e. The fraction of sp³-hybridized carbons (Fsp3) is 0.292. The van der Waals surface area contributed by atoms with Crippen molar-refractivity contribution in [1.82, 2.24) is 5.32 Å². The highest BCUT2D eigenvalue weighted by molar-refractivity contribution is 7.85. The van der Waals surface area contributed by atoms with E-state index in [2.05, 4.69) is 5.32 Å². The lowest BCUT2D eigenvalue weighted by Gasteiger charge is -2.20. The van der Waals surface area contributed by atoms with Crippen molar-refractivity contribution in [3.05, 3.63) is 71.8 Å². The Morgan fingerprint density at radius 1 is 1.00 bits per heavy atom. The molecule has 0 aliphatic heterocycles. The zero-order valence-corrected chi connectivity index (χ0v) is 19.1. The van der Waals surface area contributed by atoms with Crippen molar-refractivity contribution in [2.24, 2.45) is 0 Å². The number of fused-ring (bicyclic) bond motifs is 1. The molecule has 0 saturated carbocycles. The van der Waals surface area contributed by atoms with Crippen LogP contribution in [0.15, 0.2) is 60.7 Å². The SMILES string of the molecule is COc1ccc(C(=O)NCC(CCOS(C)(=O)=O)c2cccc3ccccc23)c(OC)c1. The standard InChI is InChI=1S/C24H27NO6S/c1-29-19-11-12-22(23(15-19)30-2)24(26)25-16-18(13-14-31-32(3,27)28)21-10-6-8-17-7-4-5-9-20(17)21/h4-12,15,18H,13-14,16H2,1-3H3,(H,25,26). The van der Waals surface area contributed by atoms with Crippen LogP contribution >= 0.6 is 0 Å². The minimum absolute atomic E-state index is 0.0223. The number of benzene rings is 3. The first-order valence-corrected chi connectivity index (χ1v) is 12.0. The van der Waals surface area contributed by atoms with Crippen molar-refractivity contribution in [3.63, 3.8) is 0 Å². The molecule has 0 radical (unpaired) electrons. The minimum atomic E-state index is -3.55. The van der Waals surface area contributed by atoms with Crippen LogP contribution in [0, 0.1) is 0 Å². The molecule has 0 saturated heterocycles. The summed E-state index contributed by atoms with van der Waals surface area (Å²) in [6.07, 6.45) is 1.44. The molecule has 0 heterocycles. The van der Waals surface area contributed by atoms with Gasteiger partial charge in [-0.3, -0.25) is 8.98 Å². The van der Waals surface area contributed by atoms with E-state index in [4.69, 9.17) is 13.7 Å². The highest BCUT2D eigenvalue weighted by atomic mass is 32.2. The van der Waals surface area contributed by atoms with Gasteiger partial charge in [0.1, 0.15) is 11.5 Å². The zero-order chi connectivity index (χ0) is 23.1. The Hall–Kier alpha value is -3.10. The van der Waals surface area contributed by atoms with Crippen molar-refractivity contribution < 1.29 is 26.9 Å². The lowest BCUT2D eigenvalue weighted by atomic mass is 9.91. The van der Waals surface area contributed by atoms with Crippen LogP contribution in [0.2, 0.25) is 0 Å². The van der Waals surface area contributed by atoms with Gasteiger partial charge in [0.25, 0.3) is 16.0 Å². The Bertz CT molecular complexity index is 1190. The van der Waals surface area contributed by atoms with Gasteiger partial charge in [-0.15, -0.1) is 0 Å². The van der Waals surface area contributed by atoms with Gasteiger partial charge in [0, 0.05) is 18.5 Å². The summed E-state index contributed by atoms with van der Waals surface area (Å²) in [6.45, 7) is 0.323. The summed E-state index contributed by atoms with van der Waals surface area (Å²) in [5, 5.41) is 5.08. The van der Waals surface area contributed by atoms with Gasteiger partial charge in [0.15, 0.2) is 0 Å². The highest BCUT2D eigenvalue weighted by Crippen LogP contribution is 2.29. The minimum Gasteiger partial charge on any atom is -0.497 e. The molecule has 32 heavy (non-hydrogen) atoms. The molecule has 1 atom stereocenters. The predicted molar refractivity (Wildman–Crippen MR) is 124 cm³/mol. The van der Waals surface area contributed by atoms with Crippen molar-refractivity contribution in [2.45, 2.75) is 12.3 Å². The van der Waals surface area contributed by atoms with Crippen LogP contribution in [-0.4, -0.2) is 48.0 Å². The van der Waals surface area contributed by atoms with E-state index in [1.54, 1.807) is 25.3 Å². The topological polar surface area (TPSA) is 90.9 Å². The monoisotopic (exact) mass is 457 g/mol. The van der Waals surface area contributed by atoms with Crippen LogP contribution in [0.4, 0.5) is 0 Å². The molecule has 0 fully saturated rings. The first-order valence-electron chi connectivity index (χ1n) is 10.1. The number of carbonyl (C=O) groups excluding carboxylic acids is 1. The van der Waals surface area contributed by atoms with E-state index in [0.717, 1.165) is 22.6 Å². The van der Waals surface area contributed by atoms with Crippen LogP contribution in [-0.2, 0) is 14.3 Å². The molecule has 1 unspecified atom stereocenters. The number of rotatable bonds is 10. The normalized spacial score (nSPS) is 12.3. The Morgan fingerprint density at radius 3 is 2.47 bits per heavy atom. The average molecular weight is 458 g/mol. The number of nitrogens with one attached hydrogen (secondary N) is 1. The molecule has 0 bridgehead atoms. The second-order valence-electron chi connectivity index (χ2n) is 7.36. The summed E-state index contributed by atoms with van der Waals surface area (Å²) in [4.78, 5) is 12.9. The maximum atomic E-state index is 12.9. The van der Waals surface area contributed by atoms with Gasteiger partial charge in [0.05, 0.1) is 32.6 Å². The molecule has 1 amide bonds. The summed E-state index contributed by atoms with van der Waals surface area (Å²) in [5.74, 6) is 0.545. The van der Waals surface area contributed by atoms with Crippen molar-refractivity contribution in [1.29, 1.82) is 0 Å². The van der Waals surface area contributed by atoms with Crippen molar-refractivity contribution >= 4 is 26.8 Å². The van der Waals surface area contributed by atoms with E-state index >= 15 is 0 Å². The second kappa shape index (κ2) is 10.5. The molecule has 0 aliphatic carbocycles. The van der Waals surface area contributed by atoms with E-state index in [1.165, 1.54) is 7.11 Å². The molecule has 0 aromatic heterocycles. The van der Waals surface area contributed by atoms with Crippen LogP contribution < -0.4 is 14.8 Å². The van der Waals surface area contributed by atoms with Crippen LogP contribution in [0.3, 0.4) is 0 Å². The van der Waals surface area contributed by atoms with Crippen LogP contribution in [0.1, 0.15) is 28.3 Å². The third-order valence-corrected chi connectivity index (χ3v) is 5.78. The first-order chi connectivity index (χ1) is 15.3. The van der Waals surface area contributed by atoms with E-state index in [-0.39, 0.29) is 18.4 Å². The number of amides is 1. The van der Waals surface area contributed by atoms with Crippen molar-refractivity contribution in [3.8, 4) is 11.5 Å². The molecule has 3 aromatic carbocycles. The van der Waals surface area contributed by atoms with Gasteiger partial charge in [0.2, 0.25) is 0 Å². The maximum Gasteiger partial charge on any atom is 0.264 e. The largest absolute Gasteiger partial charge is 0.497 e. The Morgan fingerprint density at radius 2 is 1.75 bits per heavy atom. The van der Waals surface area contributed by atoms with Gasteiger partial charge >= 0.3 is 0 Å². The lowest BCUT2D eigenvalue weighted by molar-refractivity contribution is 0.0946. The number of methoxy groups -OCH3 is 2. The number of hydrogen-bond donors (Lipinski definition) is 1. The Labute approximate surface area is 188 Å². The van der Waals surface area contributed by atoms with Gasteiger partial charge in [-0.1, -0.05) is 42.5 Å². The molecule has 0 aliphatic rings. The van der Waals surface area contributed by atoms with Crippen molar-refractivity contribution in [2.75, 3.05) is 33.6 Å². The third-order valence-electron chi connectivity index (χ3n) is 5.19. The van der Waals surface area contributed by atoms with Gasteiger partial charge in [-0.2, -0.15) is 8.42 Å². The number of ether oxygens (including phenoxy) is 2. The molecule has 1 N–H and O–H groups in total. The molecule has 170 valence electrons. The average Bonchev–Trinajstić information content (AvgIpc) is 2.79. The molecule has 7 nitrogen and oxygen atoms in total. The summed E-state index contributed by atoms with van der Waals surface area (Å²) < 4.78 is 38.3.